The van der Waals surface area contributed by atoms with Crippen LogP contribution in [0.2, 0.25) is 0 Å². The van der Waals surface area contributed by atoms with Gasteiger partial charge in [-0.15, -0.1) is 0 Å². The van der Waals surface area contributed by atoms with Gasteiger partial charge in [-0.05, 0) is 12.1 Å². The molecule has 0 aliphatic heterocycles. The molecule has 1 aromatic heterocycles. The number of hydrogen-bond acceptors (Lipinski definition) is 4. The second kappa shape index (κ2) is 5.80. The molecule has 0 fully saturated rings. The smallest absolute Gasteiger partial charge is 0.323 e. The Morgan fingerprint density at radius 3 is 2.33 bits per heavy atom. The van der Waals surface area contributed by atoms with E-state index in [1.807, 2.05) is 6.07 Å². The number of anilines is 2. The summed E-state index contributed by atoms with van der Waals surface area (Å²) < 4.78 is 23.1. The van der Waals surface area contributed by atoms with Crippen LogP contribution in [0, 0.1) is 5.21 Å². The molecule has 8 heteroatoms. The van der Waals surface area contributed by atoms with Gasteiger partial charge in [-0.2, -0.15) is 4.73 Å². The second-order valence-electron chi connectivity index (χ2n) is 4.30. The highest BCUT2D eigenvalue weighted by atomic mass is 32.2. The maximum absolute atomic E-state index is 11.8. The van der Waals surface area contributed by atoms with Gasteiger partial charge in [0.2, 0.25) is 9.84 Å². The summed E-state index contributed by atoms with van der Waals surface area (Å²) in [7, 11) is -3.67. The molecule has 0 radical (unpaired) electrons. The first kappa shape index (κ1) is 14.8. The highest BCUT2D eigenvalue weighted by Gasteiger charge is 2.19. The molecule has 0 bridgehead atoms. The van der Waals surface area contributed by atoms with E-state index in [-0.39, 0.29) is 10.4 Å². The number of sulfone groups is 1. The highest BCUT2D eigenvalue weighted by molar-refractivity contribution is 7.90. The number of carbonyl (C=O) groups is 1. The third kappa shape index (κ3) is 3.93. The van der Waals surface area contributed by atoms with Crippen LogP contribution < -0.4 is 15.4 Å². The summed E-state index contributed by atoms with van der Waals surface area (Å²) in [5.74, 6) is 0. The number of para-hydroxylation sites is 1. The van der Waals surface area contributed by atoms with E-state index in [0.29, 0.717) is 5.69 Å². The Hall–Kier alpha value is -2.61. The van der Waals surface area contributed by atoms with Crippen LogP contribution in [-0.2, 0) is 9.84 Å². The fourth-order valence-electron chi connectivity index (χ4n) is 1.63. The normalized spacial score (nSPS) is 10.9. The predicted octanol–water partition coefficient (Wildman–Crippen LogP) is 1.37. The fourth-order valence-corrected chi connectivity index (χ4v) is 2.36. The zero-order chi connectivity index (χ0) is 15.5. The van der Waals surface area contributed by atoms with Gasteiger partial charge < -0.3 is 15.8 Å². The largest absolute Gasteiger partial charge is 0.618 e. The Kier molecular flexibility index (Phi) is 4.08. The summed E-state index contributed by atoms with van der Waals surface area (Å²) >= 11 is 0. The van der Waals surface area contributed by atoms with Crippen LogP contribution in [0.25, 0.3) is 0 Å². The molecule has 0 spiro atoms. The number of urea groups is 1. The molecule has 21 heavy (non-hydrogen) atoms. The molecule has 2 N–H and O–H groups in total. The van der Waals surface area contributed by atoms with E-state index in [1.165, 1.54) is 6.07 Å². The van der Waals surface area contributed by atoms with Crippen molar-refractivity contribution in [2.75, 3.05) is 16.9 Å². The van der Waals surface area contributed by atoms with Crippen molar-refractivity contribution in [3.8, 4) is 0 Å². The van der Waals surface area contributed by atoms with Gasteiger partial charge in [0.1, 0.15) is 0 Å². The first-order valence-corrected chi connectivity index (χ1v) is 7.82. The van der Waals surface area contributed by atoms with E-state index in [0.717, 1.165) is 18.5 Å². The molecule has 7 nitrogen and oxygen atoms in total. The molecule has 0 unspecified atom stereocenters. The maximum atomic E-state index is 11.8. The van der Waals surface area contributed by atoms with Crippen molar-refractivity contribution in [1.82, 2.24) is 0 Å². The van der Waals surface area contributed by atoms with E-state index < -0.39 is 20.9 Å². The molecule has 0 atom stereocenters. The maximum Gasteiger partial charge on any atom is 0.323 e. The first-order chi connectivity index (χ1) is 9.86. The number of hydrogen-bond donors (Lipinski definition) is 2. The zero-order valence-electron chi connectivity index (χ0n) is 11.1. The standard InChI is InChI=1S/C13H13N3O4S/c1-21(19,20)12-9-11(7-8-16(12)18)15-13(17)14-10-5-3-2-4-6-10/h2-9H,1H3,(H2,14,15,17). The van der Waals surface area contributed by atoms with Crippen LogP contribution in [-0.4, -0.2) is 20.7 Å². The predicted molar refractivity (Wildman–Crippen MR) is 77.6 cm³/mol. The first-order valence-electron chi connectivity index (χ1n) is 5.92. The Balaban J connectivity index is 2.15. The highest BCUT2D eigenvalue weighted by Crippen LogP contribution is 2.12. The van der Waals surface area contributed by atoms with Crippen LogP contribution in [0.1, 0.15) is 0 Å². The Morgan fingerprint density at radius 1 is 1.10 bits per heavy atom. The molecule has 2 aromatic rings. The van der Waals surface area contributed by atoms with Crippen molar-refractivity contribution in [3.63, 3.8) is 0 Å². The topological polar surface area (TPSA) is 102 Å². The SMILES string of the molecule is CS(=O)(=O)c1cc(NC(=O)Nc2ccccc2)cc[n+]1[O-]. The molecule has 0 saturated heterocycles. The minimum absolute atomic E-state index is 0.205. The number of nitrogens with one attached hydrogen (secondary N) is 2. The van der Waals surface area contributed by atoms with Gasteiger partial charge in [0.05, 0.1) is 5.69 Å². The third-order valence-electron chi connectivity index (χ3n) is 2.56. The molecule has 0 aliphatic rings. The Morgan fingerprint density at radius 2 is 1.71 bits per heavy atom. The third-order valence-corrected chi connectivity index (χ3v) is 3.61. The lowest BCUT2D eigenvalue weighted by Gasteiger charge is -2.08. The molecular weight excluding hydrogens is 294 g/mol. The summed E-state index contributed by atoms with van der Waals surface area (Å²) in [5, 5.41) is 16.0. The molecule has 110 valence electrons. The molecule has 1 heterocycles. The van der Waals surface area contributed by atoms with Crippen molar-refractivity contribution in [1.29, 1.82) is 0 Å². The number of aromatic nitrogens is 1. The number of nitrogens with zero attached hydrogens (tertiary/aromatic N) is 1. The lowest BCUT2D eigenvalue weighted by atomic mass is 10.3. The van der Waals surface area contributed by atoms with Crippen molar-refractivity contribution in [3.05, 3.63) is 53.9 Å². The summed E-state index contributed by atoms with van der Waals surface area (Å²) in [6, 6.07) is 10.6. The number of pyridine rings is 1. The van der Waals surface area contributed by atoms with Gasteiger partial charge in [-0.1, -0.05) is 18.2 Å². The van der Waals surface area contributed by atoms with Gasteiger partial charge in [-0.3, -0.25) is 0 Å². The van der Waals surface area contributed by atoms with E-state index in [4.69, 9.17) is 0 Å². The van der Waals surface area contributed by atoms with E-state index in [2.05, 4.69) is 10.6 Å². The van der Waals surface area contributed by atoms with Crippen LogP contribution in [0.5, 0.6) is 0 Å². The van der Waals surface area contributed by atoms with Gasteiger partial charge in [0.15, 0.2) is 6.20 Å². The minimum atomic E-state index is -3.67. The van der Waals surface area contributed by atoms with Crippen LogP contribution >= 0.6 is 0 Å². The lowest BCUT2D eigenvalue weighted by Crippen LogP contribution is -2.33. The Bertz CT molecular complexity index is 760. The summed E-state index contributed by atoms with van der Waals surface area (Å²) in [4.78, 5) is 11.8. The number of amides is 2. The molecule has 2 amide bonds. The van der Waals surface area contributed by atoms with Crippen molar-refractivity contribution < 1.29 is 17.9 Å². The average molecular weight is 307 g/mol. The lowest BCUT2D eigenvalue weighted by molar-refractivity contribution is -0.646. The molecule has 1 aromatic carbocycles. The zero-order valence-corrected chi connectivity index (χ0v) is 11.9. The minimum Gasteiger partial charge on any atom is -0.618 e. The van der Waals surface area contributed by atoms with E-state index >= 15 is 0 Å². The molecule has 0 saturated carbocycles. The summed E-state index contributed by atoms with van der Waals surface area (Å²) in [6.07, 6.45) is 1.94. The van der Waals surface area contributed by atoms with Gasteiger partial charge in [0, 0.05) is 24.1 Å². The quantitative estimate of drug-likeness (QED) is 0.660. The van der Waals surface area contributed by atoms with E-state index in [1.54, 1.807) is 24.3 Å². The molecule has 2 rings (SSSR count). The monoisotopic (exact) mass is 307 g/mol. The van der Waals surface area contributed by atoms with Crippen molar-refractivity contribution >= 4 is 27.2 Å². The van der Waals surface area contributed by atoms with Crippen LogP contribution in [0.3, 0.4) is 0 Å². The number of rotatable bonds is 3. The number of carbonyl (C=O) groups excluding carboxylic acids is 1. The molecular formula is C13H13N3O4S. The van der Waals surface area contributed by atoms with Crippen molar-refractivity contribution in [2.24, 2.45) is 0 Å². The van der Waals surface area contributed by atoms with Gasteiger partial charge in [0.25, 0.3) is 0 Å². The van der Waals surface area contributed by atoms with Crippen LogP contribution in [0.15, 0.2) is 53.7 Å². The average Bonchev–Trinajstić information content (AvgIpc) is 2.41. The molecule has 0 aliphatic carbocycles. The van der Waals surface area contributed by atoms with Gasteiger partial charge in [-0.25, -0.2) is 13.2 Å². The summed E-state index contributed by atoms with van der Waals surface area (Å²) in [5.41, 5.74) is 0.795. The van der Waals surface area contributed by atoms with Crippen LogP contribution in [0.4, 0.5) is 16.2 Å². The summed E-state index contributed by atoms with van der Waals surface area (Å²) in [6.45, 7) is 0. The fraction of sp³-hybridized carbons (Fsp3) is 0.0769. The van der Waals surface area contributed by atoms with Crippen molar-refractivity contribution in [2.45, 2.75) is 5.03 Å². The van der Waals surface area contributed by atoms with Gasteiger partial charge >= 0.3 is 11.1 Å². The second-order valence-corrected chi connectivity index (χ2v) is 6.26. The Labute approximate surface area is 121 Å². The number of benzene rings is 1. The van der Waals surface area contributed by atoms with E-state index in [9.17, 15) is 18.4 Å².